The normalized spacial score (nSPS) is 11.4. The van der Waals surface area contributed by atoms with Gasteiger partial charge in [-0.05, 0) is 48.9 Å². The summed E-state index contributed by atoms with van der Waals surface area (Å²) >= 11 is 0. The summed E-state index contributed by atoms with van der Waals surface area (Å²) in [7, 11) is -3.54. The van der Waals surface area contributed by atoms with Gasteiger partial charge in [0.05, 0.1) is 9.79 Å². The predicted molar refractivity (Wildman–Crippen MR) is 71.9 cm³/mol. The number of nitrogens with two attached hydrogens (primary N) is 2. The molecular weight excluding hydrogens is 248 g/mol. The summed E-state index contributed by atoms with van der Waals surface area (Å²) in [5.74, 6) is 0. The number of anilines is 2. The van der Waals surface area contributed by atoms with Crippen molar-refractivity contribution in [3.05, 3.63) is 48.0 Å². The first kappa shape index (κ1) is 12.4. The van der Waals surface area contributed by atoms with Crippen molar-refractivity contribution in [1.82, 2.24) is 0 Å². The third-order valence-electron chi connectivity index (χ3n) is 2.72. The first-order valence-electron chi connectivity index (χ1n) is 5.38. The molecule has 0 saturated heterocycles. The second-order valence-electron chi connectivity index (χ2n) is 4.09. The highest BCUT2D eigenvalue weighted by Gasteiger charge is 2.18. The van der Waals surface area contributed by atoms with Gasteiger partial charge in [0.1, 0.15) is 0 Å². The third-order valence-corrected chi connectivity index (χ3v) is 4.47. The molecule has 0 aliphatic rings. The molecule has 2 rings (SSSR count). The Morgan fingerprint density at radius 2 is 1.61 bits per heavy atom. The van der Waals surface area contributed by atoms with Crippen LogP contribution in [0.3, 0.4) is 0 Å². The van der Waals surface area contributed by atoms with Crippen molar-refractivity contribution in [2.45, 2.75) is 16.7 Å². The highest BCUT2D eigenvalue weighted by Crippen LogP contribution is 2.24. The van der Waals surface area contributed by atoms with Gasteiger partial charge in [-0.2, -0.15) is 0 Å². The molecule has 2 aromatic carbocycles. The molecule has 0 bridgehead atoms. The average molecular weight is 262 g/mol. The molecule has 0 saturated carbocycles. The fourth-order valence-electron chi connectivity index (χ4n) is 1.63. The van der Waals surface area contributed by atoms with Gasteiger partial charge in [0.15, 0.2) is 0 Å². The maximum Gasteiger partial charge on any atom is 0.206 e. The van der Waals surface area contributed by atoms with Crippen LogP contribution in [0.1, 0.15) is 5.56 Å². The highest BCUT2D eigenvalue weighted by atomic mass is 32.2. The maximum absolute atomic E-state index is 12.4. The first-order chi connectivity index (χ1) is 8.41. The van der Waals surface area contributed by atoms with Gasteiger partial charge >= 0.3 is 0 Å². The van der Waals surface area contributed by atoms with E-state index in [0.717, 1.165) is 5.56 Å². The lowest BCUT2D eigenvalue weighted by atomic mass is 10.2. The molecule has 0 heterocycles. The minimum atomic E-state index is -3.54. The van der Waals surface area contributed by atoms with Crippen molar-refractivity contribution in [2.75, 3.05) is 11.5 Å². The van der Waals surface area contributed by atoms with Gasteiger partial charge in [-0.1, -0.05) is 6.07 Å². The van der Waals surface area contributed by atoms with Crippen molar-refractivity contribution in [1.29, 1.82) is 0 Å². The van der Waals surface area contributed by atoms with Gasteiger partial charge in [0.2, 0.25) is 9.84 Å². The smallest absolute Gasteiger partial charge is 0.206 e. The highest BCUT2D eigenvalue weighted by molar-refractivity contribution is 7.91. The molecule has 0 fully saturated rings. The number of hydrogen-bond acceptors (Lipinski definition) is 4. The van der Waals surface area contributed by atoms with Crippen LogP contribution in [-0.4, -0.2) is 8.42 Å². The first-order valence-corrected chi connectivity index (χ1v) is 6.86. The molecule has 0 unspecified atom stereocenters. The lowest BCUT2D eigenvalue weighted by Gasteiger charge is -2.07. The summed E-state index contributed by atoms with van der Waals surface area (Å²) in [6.45, 7) is 1.77. The molecule has 0 atom stereocenters. The van der Waals surface area contributed by atoms with Crippen LogP contribution in [-0.2, 0) is 9.84 Å². The van der Waals surface area contributed by atoms with E-state index in [1.165, 1.54) is 18.2 Å². The largest absolute Gasteiger partial charge is 0.399 e. The zero-order valence-electron chi connectivity index (χ0n) is 9.92. The van der Waals surface area contributed by atoms with E-state index in [0.29, 0.717) is 11.4 Å². The monoisotopic (exact) mass is 262 g/mol. The summed E-state index contributed by atoms with van der Waals surface area (Å²) in [6.07, 6.45) is 0. The fourth-order valence-corrected chi connectivity index (χ4v) is 3.03. The standard InChI is InChI=1S/C13H14N2O2S/c1-9-7-12(5-6-13(9)15)18(16,17)11-4-2-3-10(14)8-11/h2-8H,14-15H2,1H3. The molecule has 0 radical (unpaired) electrons. The van der Waals surface area contributed by atoms with E-state index in [-0.39, 0.29) is 9.79 Å². The van der Waals surface area contributed by atoms with Crippen molar-refractivity contribution in [2.24, 2.45) is 0 Å². The van der Waals surface area contributed by atoms with Crippen LogP contribution in [0.4, 0.5) is 11.4 Å². The van der Waals surface area contributed by atoms with Gasteiger partial charge in [-0.3, -0.25) is 0 Å². The third kappa shape index (κ3) is 2.17. The minimum Gasteiger partial charge on any atom is -0.399 e. The Kier molecular flexibility index (Phi) is 3.00. The van der Waals surface area contributed by atoms with Crippen molar-refractivity contribution >= 4 is 21.2 Å². The Bertz CT molecular complexity index is 694. The number of aryl methyl sites for hydroxylation is 1. The molecule has 2 aromatic rings. The zero-order valence-corrected chi connectivity index (χ0v) is 10.7. The Morgan fingerprint density at radius 3 is 2.22 bits per heavy atom. The number of hydrogen-bond donors (Lipinski definition) is 2. The van der Waals surface area contributed by atoms with E-state index in [1.807, 2.05) is 0 Å². The van der Waals surface area contributed by atoms with Crippen LogP contribution < -0.4 is 11.5 Å². The molecule has 0 spiro atoms. The number of nitrogen functional groups attached to an aromatic ring is 2. The van der Waals surface area contributed by atoms with Crippen LogP contribution >= 0.6 is 0 Å². The fraction of sp³-hybridized carbons (Fsp3) is 0.0769. The van der Waals surface area contributed by atoms with Crippen LogP contribution in [0.5, 0.6) is 0 Å². The van der Waals surface area contributed by atoms with Gasteiger partial charge < -0.3 is 11.5 Å². The Balaban J connectivity index is 2.58. The summed E-state index contributed by atoms with van der Waals surface area (Å²) in [4.78, 5) is 0.409. The van der Waals surface area contributed by atoms with E-state index in [2.05, 4.69) is 0 Å². The lowest BCUT2D eigenvalue weighted by molar-refractivity contribution is 0.596. The lowest BCUT2D eigenvalue weighted by Crippen LogP contribution is -2.03. The van der Waals surface area contributed by atoms with E-state index < -0.39 is 9.84 Å². The number of benzene rings is 2. The summed E-state index contributed by atoms with van der Waals surface area (Å²) in [5, 5.41) is 0. The SMILES string of the molecule is Cc1cc(S(=O)(=O)c2cccc(N)c2)ccc1N. The average Bonchev–Trinajstić information content (AvgIpc) is 2.32. The van der Waals surface area contributed by atoms with E-state index in [9.17, 15) is 8.42 Å². The van der Waals surface area contributed by atoms with Crippen LogP contribution in [0.15, 0.2) is 52.3 Å². The molecule has 0 aliphatic carbocycles. The van der Waals surface area contributed by atoms with Crippen molar-refractivity contribution in [3.63, 3.8) is 0 Å². The number of sulfone groups is 1. The molecule has 4 N–H and O–H groups in total. The minimum absolute atomic E-state index is 0.187. The summed E-state index contributed by atoms with van der Waals surface area (Å²) in [5.41, 5.74) is 13.0. The Labute approximate surface area is 106 Å². The van der Waals surface area contributed by atoms with Crippen molar-refractivity contribution < 1.29 is 8.42 Å². The topological polar surface area (TPSA) is 86.2 Å². The molecule has 0 aliphatic heterocycles. The van der Waals surface area contributed by atoms with Gasteiger partial charge in [0.25, 0.3) is 0 Å². The molecule has 5 heteroatoms. The predicted octanol–water partition coefficient (Wildman–Crippen LogP) is 1.99. The molecule has 94 valence electrons. The molecule has 0 amide bonds. The van der Waals surface area contributed by atoms with Gasteiger partial charge in [-0.25, -0.2) is 8.42 Å². The summed E-state index contributed by atoms with van der Waals surface area (Å²) in [6, 6.07) is 10.9. The maximum atomic E-state index is 12.4. The Morgan fingerprint density at radius 1 is 0.944 bits per heavy atom. The molecular formula is C13H14N2O2S. The Hall–Kier alpha value is -2.01. The zero-order chi connectivity index (χ0) is 13.3. The van der Waals surface area contributed by atoms with Crippen molar-refractivity contribution in [3.8, 4) is 0 Å². The van der Waals surface area contributed by atoms with Crippen LogP contribution in [0.2, 0.25) is 0 Å². The van der Waals surface area contributed by atoms with E-state index in [4.69, 9.17) is 11.5 Å². The molecule has 0 aromatic heterocycles. The number of rotatable bonds is 2. The van der Waals surface area contributed by atoms with E-state index >= 15 is 0 Å². The van der Waals surface area contributed by atoms with Crippen LogP contribution in [0, 0.1) is 6.92 Å². The van der Waals surface area contributed by atoms with Gasteiger partial charge in [0, 0.05) is 11.4 Å². The molecule has 18 heavy (non-hydrogen) atoms. The second kappa shape index (κ2) is 4.34. The quantitative estimate of drug-likeness (QED) is 0.810. The van der Waals surface area contributed by atoms with Gasteiger partial charge in [-0.15, -0.1) is 0 Å². The molecule has 4 nitrogen and oxygen atoms in total. The summed E-state index contributed by atoms with van der Waals surface area (Å²) < 4.78 is 24.7. The van der Waals surface area contributed by atoms with Crippen LogP contribution in [0.25, 0.3) is 0 Å². The van der Waals surface area contributed by atoms with E-state index in [1.54, 1.807) is 31.2 Å². The second-order valence-corrected chi connectivity index (χ2v) is 6.04.